The van der Waals surface area contributed by atoms with Crippen molar-refractivity contribution in [2.75, 3.05) is 0 Å². The monoisotopic (exact) mass is 195 g/mol. The highest BCUT2D eigenvalue weighted by atomic mass is 16.5. The molecule has 1 rings (SSSR count). The molecule has 1 heterocycles. The fourth-order valence-electron chi connectivity index (χ4n) is 1.00. The molecule has 0 unspecified atom stereocenters. The van der Waals surface area contributed by atoms with Crippen molar-refractivity contribution in [3.63, 3.8) is 0 Å². The zero-order valence-electron chi connectivity index (χ0n) is 8.95. The minimum absolute atomic E-state index is 0.0387. The molecule has 78 valence electrons. The van der Waals surface area contributed by atoms with Gasteiger partial charge in [0.1, 0.15) is 11.4 Å². The van der Waals surface area contributed by atoms with Crippen LogP contribution in [0.3, 0.4) is 0 Å². The third kappa shape index (κ3) is 2.70. The van der Waals surface area contributed by atoms with E-state index in [4.69, 9.17) is 9.84 Å². The summed E-state index contributed by atoms with van der Waals surface area (Å²) in [4.78, 5) is 3.93. The Kier molecular flexibility index (Phi) is 3.47. The number of aliphatic hydroxyl groups is 1. The fourth-order valence-corrected chi connectivity index (χ4v) is 1.00. The molecule has 0 saturated carbocycles. The number of hydrogen-bond donors (Lipinski definition) is 1. The molecule has 0 saturated heterocycles. The van der Waals surface area contributed by atoms with Gasteiger partial charge in [0.25, 0.3) is 0 Å². The van der Waals surface area contributed by atoms with Crippen LogP contribution in [0.15, 0.2) is 18.5 Å². The molecule has 1 aromatic heterocycles. The van der Waals surface area contributed by atoms with Gasteiger partial charge in [0, 0.05) is 18.0 Å². The maximum Gasteiger partial charge on any atom is 0.128 e. The SMILES string of the molecule is CCC(C)(C)Oc1ccncc1CO. The average molecular weight is 195 g/mol. The molecular formula is C11H17NO2. The van der Waals surface area contributed by atoms with Crippen LogP contribution in [0.2, 0.25) is 0 Å². The number of hydrogen-bond acceptors (Lipinski definition) is 3. The summed E-state index contributed by atoms with van der Waals surface area (Å²) in [5.74, 6) is 0.717. The van der Waals surface area contributed by atoms with Crippen molar-refractivity contribution >= 4 is 0 Å². The summed E-state index contributed by atoms with van der Waals surface area (Å²) in [5.41, 5.74) is 0.527. The van der Waals surface area contributed by atoms with Crippen LogP contribution in [-0.4, -0.2) is 15.7 Å². The highest BCUT2D eigenvalue weighted by molar-refractivity contribution is 5.29. The van der Waals surface area contributed by atoms with Gasteiger partial charge in [0.15, 0.2) is 0 Å². The highest BCUT2D eigenvalue weighted by Gasteiger charge is 2.18. The second-order valence-corrected chi connectivity index (χ2v) is 3.86. The second kappa shape index (κ2) is 4.42. The predicted molar refractivity (Wildman–Crippen MR) is 55.2 cm³/mol. The molecule has 0 bridgehead atoms. The Morgan fingerprint density at radius 1 is 1.50 bits per heavy atom. The Labute approximate surface area is 84.7 Å². The summed E-state index contributed by atoms with van der Waals surface area (Å²) >= 11 is 0. The number of nitrogens with zero attached hydrogens (tertiary/aromatic N) is 1. The maximum atomic E-state index is 9.07. The lowest BCUT2D eigenvalue weighted by Crippen LogP contribution is -2.27. The molecule has 0 radical (unpaired) electrons. The first-order valence-electron chi connectivity index (χ1n) is 4.82. The zero-order valence-corrected chi connectivity index (χ0v) is 8.95. The van der Waals surface area contributed by atoms with Crippen molar-refractivity contribution in [1.29, 1.82) is 0 Å². The molecule has 14 heavy (non-hydrogen) atoms. The van der Waals surface area contributed by atoms with Gasteiger partial charge in [-0.05, 0) is 26.3 Å². The number of rotatable bonds is 4. The van der Waals surface area contributed by atoms with Gasteiger partial charge in [-0.2, -0.15) is 0 Å². The van der Waals surface area contributed by atoms with Gasteiger partial charge >= 0.3 is 0 Å². The Morgan fingerprint density at radius 3 is 2.79 bits per heavy atom. The van der Waals surface area contributed by atoms with Gasteiger partial charge in [-0.15, -0.1) is 0 Å². The van der Waals surface area contributed by atoms with E-state index in [1.54, 1.807) is 18.5 Å². The Balaban J connectivity index is 2.85. The normalized spacial score (nSPS) is 11.4. The van der Waals surface area contributed by atoms with E-state index in [1.807, 2.05) is 13.8 Å². The summed E-state index contributed by atoms with van der Waals surface area (Å²) in [7, 11) is 0. The number of ether oxygens (including phenoxy) is 1. The maximum absolute atomic E-state index is 9.07. The van der Waals surface area contributed by atoms with Gasteiger partial charge in [-0.1, -0.05) is 6.92 Å². The Hall–Kier alpha value is -1.09. The third-order valence-electron chi connectivity index (χ3n) is 2.27. The number of pyridine rings is 1. The molecule has 0 atom stereocenters. The molecule has 1 N–H and O–H groups in total. The van der Waals surface area contributed by atoms with E-state index >= 15 is 0 Å². The second-order valence-electron chi connectivity index (χ2n) is 3.86. The quantitative estimate of drug-likeness (QED) is 0.800. The fraction of sp³-hybridized carbons (Fsp3) is 0.545. The molecule has 0 aliphatic carbocycles. The molecule has 0 aromatic carbocycles. The summed E-state index contributed by atoms with van der Waals surface area (Å²) < 4.78 is 5.77. The summed E-state index contributed by atoms with van der Waals surface area (Å²) in [5, 5.41) is 9.07. The number of aromatic nitrogens is 1. The minimum atomic E-state index is -0.203. The predicted octanol–water partition coefficient (Wildman–Crippen LogP) is 2.14. The molecular weight excluding hydrogens is 178 g/mol. The van der Waals surface area contributed by atoms with Gasteiger partial charge in [0.05, 0.1) is 6.61 Å². The van der Waals surface area contributed by atoms with Crippen LogP contribution < -0.4 is 4.74 Å². The van der Waals surface area contributed by atoms with Crippen LogP contribution in [-0.2, 0) is 6.61 Å². The van der Waals surface area contributed by atoms with E-state index in [0.717, 1.165) is 12.0 Å². The largest absolute Gasteiger partial charge is 0.487 e. The molecule has 0 aliphatic rings. The molecule has 3 heteroatoms. The van der Waals surface area contributed by atoms with E-state index in [9.17, 15) is 0 Å². The van der Waals surface area contributed by atoms with Gasteiger partial charge in [0.2, 0.25) is 0 Å². The van der Waals surface area contributed by atoms with E-state index in [-0.39, 0.29) is 12.2 Å². The topological polar surface area (TPSA) is 42.4 Å². The standard InChI is InChI=1S/C11H17NO2/c1-4-11(2,3)14-10-5-6-12-7-9(10)8-13/h5-7,13H,4,8H2,1-3H3. The molecule has 3 nitrogen and oxygen atoms in total. The first-order valence-corrected chi connectivity index (χ1v) is 4.82. The highest BCUT2D eigenvalue weighted by Crippen LogP contribution is 2.23. The molecule has 1 aromatic rings. The Bertz CT molecular complexity index is 297. The first kappa shape index (κ1) is 11.0. The van der Waals surface area contributed by atoms with Crippen molar-refractivity contribution < 1.29 is 9.84 Å². The lowest BCUT2D eigenvalue weighted by molar-refractivity contribution is 0.101. The lowest BCUT2D eigenvalue weighted by atomic mass is 10.1. The Morgan fingerprint density at radius 2 is 2.21 bits per heavy atom. The van der Waals surface area contributed by atoms with E-state index in [1.165, 1.54) is 0 Å². The van der Waals surface area contributed by atoms with Crippen LogP contribution in [0.5, 0.6) is 5.75 Å². The van der Waals surface area contributed by atoms with Crippen molar-refractivity contribution in [2.45, 2.75) is 39.4 Å². The molecule has 0 spiro atoms. The van der Waals surface area contributed by atoms with E-state index < -0.39 is 0 Å². The van der Waals surface area contributed by atoms with Crippen molar-refractivity contribution in [2.24, 2.45) is 0 Å². The lowest BCUT2D eigenvalue weighted by Gasteiger charge is -2.25. The van der Waals surface area contributed by atoms with E-state index in [2.05, 4.69) is 11.9 Å². The van der Waals surface area contributed by atoms with Crippen LogP contribution in [0, 0.1) is 0 Å². The van der Waals surface area contributed by atoms with E-state index in [0.29, 0.717) is 5.75 Å². The van der Waals surface area contributed by atoms with Crippen molar-refractivity contribution in [3.8, 4) is 5.75 Å². The summed E-state index contributed by atoms with van der Waals surface area (Å²) in [6.07, 6.45) is 4.21. The third-order valence-corrected chi connectivity index (χ3v) is 2.27. The van der Waals surface area contributed by atoms with Gasteiger partial charge in [-0.3, -0.25) is 4.98 Å². The zero-order chi connectivity index (χ0) is 10.6. The average Bonchev–Trinajstić information content (AvgIpc) is 2.18. The van der Waals surface area contributed by atoms with Crippen molar-refractivity contribution in [3.05, 3.63) is 24.0 Å². The van der Waals surface area contributed by atoms with Crippen LogP contribution in [0.4, 0.5) is 0 Å². The van der Waals surface area contributed by atoms with Crippen LogP contribution in [0.25, 0.3) is 0 Å². The number of aliphatic hydroxyl groups excluding tert-OH is 1. The smallest absolute Gasteiger partial charge is 0.128 e. The van der Waals surface area contributed by atoms with Crippen LogP contribution >= 0.6 is 0 Å². The molecule has 0 amide bonds. The summed E-state index contributed by atoms with van der Waals surface area (Å²) in [6.45, 7) is 6.08. The summed E-state index contributed by atoms with van der Waals surface area (Å²) in [6, 6.07) is 1.78. The molecule has 0 fully saturated rings. The van der Waals surface area contributed by atoms with Crippen molar-refractivity contribution in [1.82, 2.24) is 4.98 Å². The van der Waals surface area contributed by atoms with Gasteiger partial charge < -0.3 is 9.84 Å². The van der Waals surface area contributed by atoms with Gasteiger partial charge in [-0.25, -0.2) is 0 Å². The minimum Gasteiger partial charge on any atom is -0.487 e. The first-order chi connectivity index (χ1) is 6.59. The van der Waals surface area contributed by atoms with Crippen LogP contribution in [0.1, 0.15) is 32.8 Å². The molecule has 0 aliphatic heterocycles.